The molecule has 0 saturated carbocycles. The number of hydrogen-bond donors (Lipinski definition) is 1. The fourth-order valence-corrected chi connectivity index (χ4v) is 1.75. The van der Waals surface area contributed by atoms with Crippen LogP contribution in [-0.2, 0) is 6.61 Å². The highest BCUT2D eigenvalue weighted by Crippen LogP contribution is 2.38. The van der Waals surface area contributed by atoms with E-state index in [0.29, 0.717) is 17.4 Å². The van der Waals surface area contributed by atoms with Crippen LogP contribution < -0.4 is 14.2 Å². The lowest BCUT2D eigenvalue weighted by Gasteiger charge is -2.08. The van der Waals surface area contributed by atoms with E-state index in [0.717, 1.165) is 0 Å². The maximum Gasteiger partial charge on any atom is 0.339 e. The van der Waals surface area contributed by atoms with Gasteiger partial charge in [0.25, 0.3) is 5.89 Å². The molecule has 2 aromatic rings. The van der Waals surface area contributed by atoms with Crippen LogP contribution in [0.25, 0.3) is 0 Å². The molecule has 0 radical (unpaired) electrons. The van der Waals surface area contributed by atoms with Gasteiger partial charge in [0.05, 0.1) is 0 Å². The van der Waals surface area contributed by atoms with E-state index in [1.165, 1.54) is 12.1 Å². The molecule has 3 rings (SSSR count). The quantitative estimate of drug-likeness (QED) is 0.894. The Morgan fingerprint density at radius 3 is 2.75 bits per heavy atom. The van der Waals surface area contributed by atoms with Crippen LogP contribution in [0.2, 0.25) is 0 Å². The van der Waals surface area contributed by atoms with E-state index in [9.17, 15) is 9.90 Å². The van der Waals surface area contributed by atoms with Gasteiger partial charge in [0.15, 0.2) is 18.1 Å². The Bertz CT molecular complexity index is 666. The van der Waals surface area contributed by atoms with Crippen LogP contribution in [0, 0.1) is 6.92 Å². The largest absolute Gasteiger partial charge is 0.483 e. The van der Waals surface area contributed by atoms with Gasteiger partial charge in [0.2, 0.25) is 12.7 Å². The topological polar surface area (TPSA) is 104 Å². The molecule has 2 heterocycles. The Labute approximate surface area is 112 Å². The second-order valence-corrected chi connectivity index (χ2v) is 4.01. The van der Waals surface area contributed by atoms with Crippen LogP contribution in [0.3, 0.4) is 0 Å². The molecule has 0 amide bonds. The van der Waals surface area contributed by atoms with E-state index in [2.05, 4.69) is 10.2 Å². The summed E-state index contributed by atoms with van der Waals surface area (Å²) < 4.78 is 20.9. The highest BCUT2D eigenvalue weighted by molar-refractivity contribution is 5.92. The zero-order valence-corrected chi connectivity index (χ0v) is 10.5. The predicted molar refractivity (Wildman–Crippen MR) is 62.9 cm³/mol. The van der Waals surface area contributed by atoms with Crippen molar-refractivity contribution in [2.45, 2.75) is 13.5 Å². The fourth-order valence-electron chi connectivity index (χ4n) is 1.75. The second-order valence-electron chi connectivity index (χ2n) is 4.01. The van der Waals surface area contributed by atoms with Crippen molar-refractivity contribution in [3.05, 3.63) is 29.5 Å². The van der Waals surface area contributed by atoms with E-state index >= 15 is 0 Å². The van der Waals surface area contributed by atoms with Gasteiger partial charge in [0.1, 0.15) is 11.3 Å². The van der Waals surface area contributed by atoms with E-state index in [4.69, 9.17) is 18.6 Å². The number of ether oxygens (including phenoxy) is 3. The molecule has 0 fully saturated rings. The molecular weight excluding hydrogens is 268 g/mol. The van der Waals surface area contributed by atoms with Crippen LogP contribution >= 0.6 is 0 Å². The molecule has 20 heavy (non-hydrogen) atoms. The van der Waals surface area contributed by atoms with Crippen molar-refractivity contribution in [1.29, 1.82) is 0 Å². The molecule has 8 heteroatoms. The number of benzene rings is 1. The number of aromatic nitrogens is 2. The lowest BCUT2D eigenvalue weighted by molar-refractivity contribution is 0.0690. The van der Waals surface area contributed by atoms with Crippen molar-refractivity contribution >= 4 is 5.97 Å². The smallest absolute Gasteiger partial charge is 0.339 e. The normalized spacial score (nSPS) is 12.4. The Kier molecular flexibility index (Phi) is 2.90. The molecular formula is C12H10N2O6. The summed E-state index contributed by atoms with van der Waals surface area (Å²) in [6, 6.07) is 2.83. The molecule has 8 nitrogen and oxygen atoms in total. The third-order valence-corrected chi connectivity index (χ3v) is 2.62. The number of carboxylic acid groups (broad SMARTS) is 1. The van der Waals surface area contributed by atoms with Crippen molar-refractivity contribution in [2.24, 2.45) is 0 Å². The van der Waals surface area contributed by atoms with Crippen molar-refractivity contribution in [3.8, 4) is 17.2 Å². The highest BCUT2D eigenvalue weighted by atomic mass is 16.7. The van der Waals surface area contributed by atoms with Crippen molar-refractivity contribution < 1.29 is 28.5 Å². The average Bonchev–Trinajstić information content (AvgIpc) is 3.03. The van der Waals surface area contributed by atoms with Crippen molar-refractivity contribution in [2.75, 3.05) is 6.79 Å². The number of fused-ring (bicyclic) bond motifs is 1. The number of carboxylic acids is 1. The van der Waals surface area contributed by atoms with Gasteiger partial charge in [-0.2, -0.15) is 0 Å². The summed E-state index contributed by atoms with van der Waals surface area (Å²) in [6.45, 7) is 1.68. The Hall–Kier alpha value is -2.77. The number of rotatable bonds is 4. The third-order valence-electron chi connectivity index (χ3n) is 2.62. The average molecular weight is 278 g/mol. The molecule has 104 valence electrons. The van der Waals surface area contributed by atoms with E-state index < -0.39 is 5.97 Å². The van der Waals surface area contributed by atoms with Gasteiger partial charge in [-0.15, -0.1) is 10.2 Å². The first-order chi connectivity index (χ1) is 9.63. The minimum Gasteiger partial charge on any atom is -0.483 e. The van der Waals surface area contributed by atoms with E-state index in [1.807, 2.05) is 0 Å². The molecule has 1 aliphatic heterocycles. The van der Waals surface area contributed by atoms with Gasteiger partial charge in [-0.1, -0.05) is 0 Å². The minimum atomic E-state index is -1.12. The van der Waals surface area contributed by atoms with Gasteiger partial charge >= 0.3 is 5.97 Å². The monoisotopic (exact) mass is 278 g/mol. The molecule has 0 aliphatic carbocycles. The summed E-state index contributed by atoms with van der Waals surface area (Å²) in [6.07, 6.45) is 0. The summed E-state index contributed by atoms with van der Waals surface area (Å²) in [7, 11) is 0. The summed E-state index contributed by atoms with van der Waals surface area (Å²) in [5.41, 5.74) is -0.0227. The van der Waals surface area contributed by atoms with Gasteiger partial charge in [0, 0.05) is 19.1 Å². The first-order valence-corrected chi connectivity index (χ1v) is 5.72. The number of aromatic carboxylic acids is 1. The van der Waals surface area contributed by atoms with E-state index in [-0.39, 0.29) is 30.6 Å². The maximum absolute atomic E-state index is 11.2. The molecule has 1 aromatic heterocycles. The number of aryl methyl sites for hydroxylation is 1. The summed E-state index contributed by atoms with van der Waals surface area (Å²) in [5, 5.41) is 16.6. The summed E-state index contributed by atoms with van der Waals surface area (Å²) >= 11 is 0. The van der Waals surface area contributed by atoms with Crippen LogP contribution in [0.15, 0.2) is 16.5 Å². The van der Waals surface area contributed by atoms with Crippen molar-refractivity contribution in [1.82, 2.24) is 10.2 Å². The molecule has 1 aromatic carbocycles. The molecule has 0 unspecified atom stereocenters. The molecule has 1 N–H and O–H groups in total. The highest BCUT2D eigenvalue weighted by Gasteiger charge is 2.22. The minimum absolute atomic E-state index is 0.0227. The zero-order valence-electron chi connectivity index (χ0n) is 10.5. The standard InChI is InChI=1S/C12H10N2O6/c1-6-13-14-11(20-6)4-17-8-3-10-9(18-5-19-10)2-7(8)12(15)16/h2-3H,4-5H2,1H3,(H,15,16). The van der Waals surface area contributed by atoms with Crippen LogP contribution in [0.4, 0.5) is 0 Å². The number of hydrogen-bond acceptors (Lipinski definition) is 7. The molecule has 0 spiro atoms. The van der Waals surface area contributed by atoms with Gasteiger partial charge in [-0.3, -0.25) is 0 Å². The Morgan fingerprint density at radius 2 is 2.10 bits per heavy atom. The Morgan fingerprint density at radius 1 is 1.35 bits per heavy atom. The summed E-state index contributed by atoms with van der Waals surface area (Å²) in [5.74, 6) is 0.511. The van der Waals surface area contributed by atoms with Crippen LogP contribution in [0.5, 0.6) is 17.2 Å². The predicted octanol–water partition coefficient (Wildman–Crippen LogP) is 1.38. The first kappa shape index (κ1) is 12.3. The van der Waals surface area contributed by atoms with Crippen LogP contribution in [0.1, 0.15) is 22.1 Å². The summed E-state index contributed by atoms with van der Waals surface area (Å²) in [4.78, 5) is 11.2. The Balaban J connectivity index is 1.86. The lowest BCUT2D eigenvalue weighted by Crippen LogP contribution is -2.03. The zero-order chi connectivity index (χ0) is 14.1. The molecule has 0 bridgehead atoms. The maximum atomic E-state index is 11.2. The van der Waals surface area contributed by atoms with Gasteiger partial charge in [-0.25, -0.2) is 4.79 Å². The van der Waals surface area contributed by atoms with Crippen molar-refractivity contribution in [3.63, 3.8) is 0 Å². The van der Waals surface area contributed by atoms with Gasteiger partial charge < -0.3 is 23.7 Å². The lowest BCUT2D eigenvalue weighted by atomic mass is 10.2. The fraction of sp³-hybridized carbons (Fsp3) is 0.250. The molecule has 0 atom stereocenters. The van der Waals surface area contributed by atoms with Crippen LogP contribution in [-0.4, -0.2) is 28.1 Å². The molecule has 0 saturated heterocycles. The second kappa shape index (κ2) is 4.72. The number of nitrogens with zero attached hydrogens (tertiary/aromatic N) is 2. The third kappa shape index (κ3) is 2.22. The van der Waals surface area contributed by atoms with Gasteiger partial charge in [-0.05, 0) is 0 Å². The SMILES string of the molecule is Cc1nnc(COc2cc3c(cc2C(=O)O)OCO3)o1. The first-order valence-electron chi connectivity index (χ1n) is 5.72. The number of carbonyl (C=O) groups is 1. The van der Waals surface area contributed by atoms with E-state index in [1.54, 1.807) is 6.92 Å². The molecule has 1 aliphatic rings.